The van der Waals surface area contributed by atoms with E-state index in [2.05, 4.69) is 15.6 Å². The third-order valence-electron chi connectivity index (χ3n) is 4.25. The van der Waals surface area contributed by atoms with Crippen molar-refractivity contribution in [2.45, 2.75) is 19.0 Å². The summed E-state index contributed by atoms with van der Waals surface area (Å²) >= 11 is 0. The van der Waals surface area contributed by atoms with Crippen LogP contribution in [0.5, 0.6) is 0 Å². The predicted molar refractivity (Wildman–Crippen MR) is 98.4 cm³/mol. The summed E-state index contributed by atoms with van der Waals surface area (Å²) in [7, 11) is 1.91. The molecule has 3 rings (SSSR count). The number of nitrogens with one attached hydrogen (secondary N) is 2. The molecular weight excluding hydrogens is 332 g/mol. The van der Waals surface area contributed by atoms with Crippen molar-refractivity contribution in [3.63, 3.8) is 0 Å². The maximum absolute atomic E-state index is 13.2. The van der Waals surface area contributed by atoms with Gasteiger partial charge in [-0.1, -0.05) is 6.08 Å². The van der Waals surface area contributed by atoms with Crippen LogP contribution in [0.2, 0.25) is 0 Å². The Hall–Kier alpha value is -2.93. The van der Waals surface area contributed by atoms with Crippen molar-refractivity contribution in [3.05, 3.63) is 54.5 Å². The molecule has 26 heavy (non-hydrogen) atoms. The molecule has 0 aliphatic carbocycles. The van der Waals surface area contributed by atoms with Gasteiger partial charge in [0, 0.05) is 19.2 Å². The minimum absolute atomic E-state index is 0.144. The number of dihydropyridines is 1. The number of nitrogens with zero attached hydrogens (tertiary/aromatic N) is 2. The molecule has 0 spiro atoms. The molecule has 2 N–H and O–H groups in total. The number of allylic oxidation sites excluding steroid dienone is 2. The van der Waals surface area contributed by atoms with E-state index in [9.17, 15) is 9.59 Å². The number of Topliss-reactive ketones (excluding diaryl/α,β-unsaturated/α-hetero) is 1. The molecule has 1 unspecified atom stereocenters. The average molecular weight is 354 g/mol. The monoisotopic (exact) mass is 354 g/mol. The standard InChI is InChI=1S/C19H22N4O3/c1-3-26-17(24)8-11-22-19(9-4-5-10-21-19)18(25)14-6-7-16-15(12-14)20-13-23(16)2/h4-7,9-10,12-13,21-22H,3,8,11H2,1-2H3. The van der Waals surface area contributed by atoms with E-state index < -0.39 is 5.66 Å². The number of rotatable bonds is 7. The number of benzene rings is 1. The molecule has 1 aliphatic rings. The fourth-order valence-corrected chi connectivity index (χ4v) is 2.91. The summed E-state index contributed by atoms with van der Waals surface area (Å²) in [6.07, 6.45) is 8.96. The zero-order valence-electron chi connectivity index (χ0n) is 14.9. The van der Waals surface area contributed by atoms with Gasteiger partial charge >= 0.3 is 5.97 Å². The smallest absolute Gasteiger partial charge is 0.307 e. The molecule has 1 atom stereocenters. The van der Waals surface area contributed by atoms with Crippen LogP contribution in [0.25, 0.3) is 11.0 Å². The fourth-order valence-electron chi connectivity index (χ4n) is 2.91. The molecule has 2 aromatic rings. The highest BCUT2D eigenvalue weighted by Crippen LogP contribution is 2.20. The molecule has 0 fully saturated rings. The number of hydrogen-bond donors (Lipinski definition) is 2. The van der Waals surface area contributed by atoms with E-state index in [0.717, 1.165) is 11.0 Å². The molecule has 0 amide bonds. The van der Waals surface area contributed by atoms with Crippen LogP contribution in [0.1, 0.15) is 23.7 Å². The van der Waals surface area contributed by atoms with Gasteiger partial charge in [0.1, 0.15) is 0 Å². The van der Waals surface area contributed by atoms with Gasteiger partial charge < -0.3 is 14.6 Å². The van der Waals surface area contributed by atoms with Crippen molar-refractivity contribution in [2.24, 2.45) is 7.05 Å². The highest BCUT2D eigenvalue weighted by atomic mass is 16.5. The number of fused-ring (bicyclic) bond motifs is 1. The van der Waals surface area contributed by atoms with Crippen molar-refractivity contribution in [1.29, 1.82) is 0 Å². The topological polar surface area (TPSA) is 85.2 Å². The van der Waals surface area contributed by atoms with Crippen LogP contribution in [0.15, 0.2) is 49.0 Å². The average Bonchev–Trinajstić information content (AvgIpc) is 3.02. The summed E-state index contributed by atoms with van der Waals surface area (Å²) in [5, 5.41) is 6.23. The lowest BCUT2D eigenvalue weighted by Gasteiger charge is -2.32. The fraction of sp³-hybridized carbons (Fsp3) is 0.316. The van der Waals surface area contributed by atoms with Crippen LogP contribution < -0.4 is 10.6 Å². The second-order valence-corrected chi connectivity index (χ2v) is 6.04. The lowest BCUT2D eigenvalue weighted by atomic mass is 9.95. The summed E-state index contributed by atoms with van der Waals surface area (Å²) in [5.41, 5.74) is 1.14. The molecule has 2 heterocycles. The number of carbonyl (C=O) groups excluding carboxylic acids is 2. The van der Waals surface area contributed by atoms with Gasteiger partial charge in [-0.2, -0.15) is 0 Å². The Labute approximate surface area is 151 Å². The minimum atomic E-state index is -1.11. The van der Waals surface area contributed by atoms with E-state index in [4.69, 9.17) is 4.74 Å². The Balaban J connectivity index is 1.81. The first-order valence-corrected chi connectivity index (χ1v) is 8.54. The molecule has 1 aromatic heterocycles. The van der Waals surface area contributed by atoms with Crippen LogP contribution in [-0.2, 0) is 16.6 Å². The van der Waals surface area contributed by atoms with E-state index >= 15 is 0 Å². The number of aromatic nitrogens is 2. The van der Waals surface area contributed by atoms with Crippen LogP contribution in [0.3, 0.4) is 0 Å². The van der Waals surface area contributed by atoms with Crippen LogP contribution in [-0.4, -0.2) is 40.1 Å². The van der Waals surface area contributed by atoms with Gasteiger partial charge in [0.15, 0.2) is 5.66 Å². The van der Waals surface area contributed by atoms with Gasteiger partial charge in [0.25, 0.3) is 0 Å². The number of aryl methyl sites for hydroxylation is 1. The van der Waals surface area contributed by atoms with Gasteiger partial charge in [0.05, 0.1) is 30.4 Å². The molecule has 1 aliphatic heterocycles. The van der Waals surface area contributed by atoms with Crippen molar-refractivity contribution >= 4 is 22.8 Å². The van der Waals surface area contributed by atoms with Gasteiger partial charge in [-0.15, -0.1) is 0 Å². The maximum atomic E-state index is 13.2. The lowest BCUT2D eigenvalue weighted by Crippen LogP contribution is -2.60. The maximum Gasteiger partial charge on any atom is 0.307 e. The zero-order chi connectivity index (χ0) is 18.6. The van der Waals surface area contributed by atoms with E-state index in [1.807, 2.05) is 17.7 Å². The third-order valence-corrected chi connectivity index (χ3v) is 4.25. The summed E-state index contributed by atoms with van der Waals surface area (Å²) in [4.78, 5) is 29.1. The Kier molecular flexibility index (Phi) is 5.18. The largest absolute Gasteiger partial charge is 0.466 e. The Bertz CT molecular complexity index is 884. The molecule has 0 radical (unpaired) electrons. The van der Waals surface area contributed by atoms with E-state index in [0.29, 0.717) is 18.7 Å². The summed E-state index contributed by atoms with van der Waals surface area (Å²) < 4.78 is 6.83. The van der Waals surface area contributed by atoms with Gasteiger partial charge in [-0.3, -0.25) is 14.9 Å². The predicted octanol–water partition coefficient (Wildman–Crippen LogP) is 1.67. The summed E-state index contributed by atoms with van der Waals surface area (Å²) in [6, 6.07) is 5.44. The van der Waals surface area contributed by atoms with Crippen molar-refractivity contribution in [1.82, 2.24) is 20.2 Å². The number of ketones is 1. The Morgan fingerprint density at radius 1 is 1.35 bits per heavy atom. The number of ether oxygens (including phenoxy) is 1. The second kappa shape index (κ2) is 7.53. The van der Waals surface area contributed by atoms with Crippen LogP contribution >= 0.6 is 0 Å². The number of carbonyl (C=O) groups is 2. The molecule has 136 valence electrons. The first-order valence-electron chi connectivity index (χ1n) is 8.54. The molecule has 7 heteroatoms. The molecule has 0 saturated carbocycles. The van der Waals surface area contributed by atoms with Crippen molar-refractivity contribution < 1.29 is 14.3 Å². The lowest BCUT2D eigenvalue weighted by molar-refractivity contribution is -0.143. The van der Waals surface area contributed by atoms with E-state index in [1.54, 1.807) is 49.8 Å². The van der Waals surface area contributed by atoms with E-state index in [1.165, 1.54) is 0 Å². The Morgan fingerprint density at radius 3 is 2.92 bits per heavy atom. The quantitative estimate of drug-likeness (QED) is 0.581. The first kappa shape index (κ1) is 17.9. The number of imidazole rings is 1. The number of hydrogen-bond acceptors (Lipinski definition) is 6. The SMILES string of the molecule is CCOC(=O)CCNC1(C(=O)c2ccc3c(c2)ncn3C)C=CC=CN1. The van der Waals surface area contributed by atoms with Gasteiger partial charge in [-0.05, 0) is 43.5 Å². The molecular formula is C19H22N4O3. The molecule has 0 bridgehead atoms. The first-order chi connectivity index (χ1) is 12.6. The molecule has 0 saturated heterocycles. The van der Waals surface area contributed by atoms with Crippen LogP contribution in [0, 0.1) is 0 Å². The highest BCUT2D eigenvalue weighted by molar-refractivity contribution is 6.06. The van der Waals surface area contributed by atoms with Crippen molar-refractivity contribution in [2.75, 3.05) is 13.2 Å². The van der Waals surface area contributed by atoms with Crippen LogP contribution in [0.4, 0.5) is 0 Å². The summed E-state index contributed by atoms with van der Waals surface area (Å²) in [5.74, 6) is -0.442. The van der Waals surface area contributed by atoms with E-state index in [-0.39, 0.29) is 18.2 Å². The zero-order valence-corrected chi connectivity index (χ0v) is 14.9. The molecule has 1 aromatic carbocycles. The summed E-state index contributed by atoms with van der Waals surface area (Å²) in [6.45, 7) is 2.41. The van der Waals surface area contributed by atoms with Gasteiger partial charge in [0.2, 0.25) is 5.78 Å². The van der Waals surface area contributed by atoms with Crippen molar-refractivity contribution in [3.8, 4) is 0 Å². The Morgan fingerprint density at radius 2 is 2.19 bits per heavy atom. The normalized spacial score (nSPS) is 18.7. The third kappa shape index (κ3) is 3.52. The minimum Gasteiger partial charge on any atom is -0.466 e. The highest BCUT2D eigenvalue weighted by Gasteiger charge is 2.36. The molecule has 7 nitrogen and oxygen atoms in total. The second-order valence-electron chi connectivity index (χ2n) is 6.04. The number of esters is 1. The van der Waals surface area contributed by atoms with Gasteiger partial charge in [-0.25, -0.2) is 4.98 Å².